The molecule has 1 unspecified atom stereocenters. The maximum absolute atomic E-state index is 13.4. The molecule has 0 heterocycles. The van der Waals surface area contributed by atoms with E-state index in [9.17, 15) is 9.59 Å². The second kappa shape index (κ2) is 9.11. The van der Waals surface area contributed by atoms with Gasteiger partial charge in [0.25, 0.3) is 5.91 Å². The van der Waals surface area contributed by atoms with Crippen molar-refractivity contribution in [2.24, 2.45) is 17.6 Å². The first-order valence-corrected chi connectivity index (χ1v) is 10.3. The number of benzene rings is 2. The maximum Gasteiger partial charge on any atom is 0.303 e. The highest BCUT2D eigenvalue weighted by molar-refractivity contribution is 6.06. The number of carboxylic acid groups (broad SMARTS) is 1. The van der Waals surface area contributed by atoms with Gasteiger partial charge in [0.15, 0.2) is 0 Å². The second-order valence-corrected chi connectivity index (χ2v) is 8.46. The van der Waals surface area contributed by atoms with Crippen molar-refractivity contribution in [1.82, 2.24) is 0 Å². The number of anilines is 1. The highest BCUT2D eigenvalue weighted by Crippen LogP contribution is 2.29. The summed E-state index contributed by atoms with van der Waals surface area (Å²) in [5.74, 6) is -0.464. The van der Waals surface area contributed by atoms with Gasteiger partial charge < -0.3 is 15.7 Å². The highest BCUT2D eigenvalue weighted by atomic mass is 16.4. The summed E-state index contributed by atoms with van der Waals surface area (Å²) in [6.07, 6.45) is 2.58. The quantitative estimate of drug-likeness (QED) is 0.478. The van der Waals surface area contributed by atoms with Crippen molar-refractivity contribution in [2.45, 2.75) is 39.5 Å². The minimum Gasteiger partial charge on any atom is -0.481 e. The average molecular weight is 408 g/mol. The number of carboxylic acids is 1. The molecule has 0 fully saturated rings. The number of rotatable bonds is 7. The number of nitrogens with two attached hydrogens (primary N) is 1. The number of hydrogen-bond acceptors (Lipinski definition) is 3. The van der Waals surface area contributed by atoms with Gasteiger partial charge in [-0.3, -0.25) is 15.0 Å². The first kappa shape index (κ1) is 21.6. The van der Waals surface area contributed by atoms with Crippen molar-refractivity contribution < 1.29 is 14.7 Å². The number of fused-ring (bicyclic) bond motifs is 1. The summed E-state index contributed by atoms with van der Waals surface area (Å²) in [5.41, 5.74) is 9.82. The van der Waals surface area contributed by atoms with Crippen LogP contribution in [0.4, 0.5) is 5.69 Å². The highest BCUT2D eigenvalue weighted by Gasteiger charge is 2.24. The van der Waals surface area contributed by atoms with Gasteiger partial charge in [-0.2, -0.15) is 0 Å². The van der Waals surface area contributed by atoms with E-state index in [0.29, 0.717) is 24.1 Å². The topological polar surface area (TPSA) is 107 Å². The van der Waals surface area contributed by atoms with Crippen LogP contribution in [0, 0.1) is 17.2 Å². The maximum atomic E-state index is 13.4. The molecule has 0 saturated carbocycles. The zero-order valence-corrected chi connectivity index (χ0v) is 17.5. The number of aryl methyl sites for hydroxylation is 1. The number of nitrogens with zero attached hydrogens (tertiary/aromatic N) is 1. The fourth-order valence-electron chi connectivity index (χ4n) is 4.03. The van der Waals surface area contributed by atoms with Gasteiger partial charge in [0.1, 0.15) is 5.84 Å². The fraction of sp³-hybridized carbons (Fsp3) is 0.375. The summed E-state index contributed by atoms with van der Waals surface area (Å²) in [7, 11) is 0. The first-order chi connectivity index (χ1) is 14.2. The molecule has 158 valence electrons. The lowest BCUT2D eigenvalue weighted by Gasteiger charge is -2.27. The molecule has 4 N–H and O–H groups in total. The van der Waals surface area contributed by atoms with E-state index in [2.05, 4.69) is 13.8 Å². The van der Waals surface area contributed by atoms with Crippen molar-refractivity contribution >= 4 is 23.4 Å². The minimum absolute atomic E-state index is 0.00566. The number of carbonyl (C=O) groups excluding carboxylic acids is 1. The largest absolute Gasteiger partial charge is 0.481 e. The molecule has 3 rings (SSSR count). The molecule has 1 atom stereocenters. The Bertz CT molecular complexity index is 951. The second-order valence-electron chi connectivity index (χ2n) is 8.46. The van der Waals surface area contributed by atoms with Crippen molar-refractivity contribution in [3.63, 3.8) is 0 Å². The van der Waals surface area contributed by atoms with Crippen LogP contribution in [0.2, 0.25) is 0 Å². The van der Waals surface area contributed by atoms with Crippen LogP contribution in [0.3, 0.4) is 0 Å². The SMILES string of the molecule is CC(C)CN(C(=O)c1ccc2c(c1)CC(CC(=O)O)CC2)c1ccc(C(=N)N)cc1. The molecular formula is C24H29N3O3. The monoisotopic (exact) mass is 407 g/mol. The van der Waals surface area contributed by atoms with E-state index < -0.39 is 5.97 Å². The van der Waals surface area contributed by atoms with Crippen molar-refractivity contribution in [1.29, 1.82) is 5.41 Å². The summed E-state index contributed by atoms with van der Waals surface area (Å²) < 4.78 is 0. The lowest BCUT2D eigenvalue weighted by molar-refractivity contribution is -0.138. The smallest absolute Gasteiger partial charge is 0.303 e. The van der Waals surface area contributed by atoms with E-state index in [1.807, 2.05) is 30.3 Å². The number of amides is 1. The van der Waals surface area contributed by atoms with Gasteiger partial charge in [0.2, 0.25) is 0 Å². The van der Waals surface area contributed by atoms with E-state index in [-0.39, 0.29) is 30.0 Å². The van der Waals surface area contributed by atoms with Gasteiger partial charge in [-0.15, -0.1) is 0 Å². The molecule has 0 spiro atoms. The van der Waals surface area contributed by atoms with Gasteiger partial charge in [-0.25, -0.2) is 0 Å². The van der Waals surface area contributed by atoms with Gasteiger partial charge in [-0.1, -0.05) is 19.9 Å². The standard InChI is InChI=1S/C24H29N3O3/c1-15(2)14-27(21-9-7-18(8-10-21)23(25)26)24(30)19-6-5-17-4-3-16(12-22(28)29)11-20(17)13-19/h5-10,13,15-16H,3-4,11-12,14H2,1-2H3,(H3,25,26)(H,28,29). The molecule has 1 aliphatic rings. The Morgan fingerprint density at radius 2 is 1.80 bits per heavy atom. The number of aliphatic carboxylic acids is 1. The molecule has 30 heavy (non-hydrogen) atoms. The zero-order chi connectivity index (χ0) is 21.8. The Balaban J connectivity index is 1.88. The summed E-state index contributed by atoms with van der Waals surface area (Å²) in [6.45, 7) is 4.69. The summed E-state index contributed by atoms with van der Waals surface area (Å²) in [4.78, 5) is 26.3. The average Bonchev–Trinajstić information content (AvgIpc) is 2.70. The van der Waals surface area contributed by atoms with E-state index in [1.165, 1.54) is 5.56 Å². The lowest BCUT2D eigenvalue weighted by atomic mass is 9.81. The molecule has 2 aromatic carbocycles. The number of hydrogen-bond donors (Lipinski definition) is 3. The van der Waals surface area contributed by atoms with Crippen LogP contribution >= 0.6 is 0 Å². The molecular weight excluding hydrogens is 378 g/mol. The number of amidine groups is 1. The van der Waals surface area contributed by atoms with Crippen LogP contribution in [-0.4, -0.2) is 29.4 Å². The van der Waals surface area contributed by atoms with Crippen molar-refractivity contribution in [2.75, 3.05) is 11.4 Å². The lowest BCUT2D eigenvalue weighted by Crippen LogP contribution is -2.34. The normalized spacial score (nSPS) is 15.5. The molecule has 0 aliphatic heterocycles. The Morgan fingerprint density at radius 3 is 2.40 bits per heavy atom. The van der Waals surface area contributed by atoms with Crippen LogP contribution in [-0.2, 0) is 17.6 Å². The molecule has 2 aromatic rings. The summed E-state index contributed by atoms with van der Waals surface area (Å²) in [6, 6.07) is 12.9. The minimum atomic E-state index is -0.771. The molecule has 6 nitrogen and oxygen atoms in total. The fourth-order valence-corrected chi connectivity index (χ4v) is 4.03. The number of nitrogen functional groups attached to an aromatic ring is 1. The molecule has 6 heteroatoms. The van der Waals surface area contributed by atoms with E-state index in [0.717, 1.165) is 24.1 Å². The van der Waals surface area contributed by atoms with E-state index in [4.69, 9.17) is 16.2 Å². The Kier molecular flexibility index (Phi) is 6.55. The molecule has 1 aliphatic carbocycles. The number of carbonyl (C=O) groups is 2. The van der Waals surface area contributed by atoms with Gasteiger partial charge in [0.05, 0.1) is 0 Å². The Morgan fingerprint density at radius 1 is 1.13 bits per heavy atom. The van der Waals surface area contributed by atoms with Crippen molar-refractivity contribution in [3.05, 3.63) is 64.7 Å². The predicted molar refractivity (Wildman–Crippen MR) is 118 cm³/mol. The van der Waals surface area contributed by atoms with Crippen LogP contribution in [0.1, 0.15) is 53.7 Å². The van der Waals surface area contributed by atoms with Crippen LogP contribution < -0.4 is 10.6 Å². The summed E-state index contributed by atoms with van der Waals surface area (Å²) in [5, 5.41) is 16.7. The molecule has 0 aromatic heterocycles. The summed E-state index contributed by atoms with van der Waals surface area (Å²) >= 11 is 0. The third kappa shape index (κ3) is 5.06. The molecule has 0 saturated heterocycles. The van der Waals surface area contributed by atoms with Gasteiger partial charge in [-0.05, 0) is 78.6 Å². The molecule has 0 radical (unpaired) electrons. The van der Waals surface area contributed by atoms with E-state index in [1.54, 1.807) is 17.0 Å². The van der Waals surface area contributed by atoms with Gasteiger partial charge in [0, 0.05) is 29.8 Å². The number of nitrogens with one attached hydrogen (secondary N) is 1. The molecule has 1 amide bonds. The molecule has 0 bridgehead atoms. The Labute approximate surface area is 177 Å². The van der Waals surface area contributed by atoms with Crippen LogP contribution in [0.5, 0.6) is 0 Å². The predicted octanol–water partition coefficient (Wildman–Crippen LogP) is 3.85. The zero-order valence-electron chi connectivity index (χ0n) is 17.5. The first-order valence-electron chi connectivity index (χ1n) is 10.3. The Hall–Kier alpha value is -3.15. The third-order valence-electron chi connectivity index (χ3n) is 5.53. The van der Waals surface area contributed by atoms with Crippen LogP contribution in [0.15, 0.2) is 42.5 Å². The van der Waals surface area contributed by atoms with Gasteiger partial charge >= 0.3 is 5.97 Å². The van der Waals surface area contributed by atoms with Crippen LogP contribution in [0.25, 0.3) is 0 Å². The third-order valence-corrected chi connectivity index (χ3v) is 5.53. The van der Waals surface area contributed by atoms with E-state index >= 15 is 0 Å². The van der Waals surface area contributed by atoms with Crippen molar-refractivity contribution in [3.8, 4) is 0 Å².